The van der Waals surface area contributed by atoms with Crippen molar-refractivity contribution in [1.29, 1.82) is 0 Å². The molecule has 1 aromatic rings. The van der Waals surface area contributed by atoms with Gasteiger partial charge in [0.25, 0.3) is 11.7 Å². The van der Waals surface area contributed by atoms with Crippen molar-refractivity contribution in [1.82, 2.24) is 0 Å². The number of nitrogens with one attached hydrogen (secondary N) is 1. The highest BCUT2D eigenvalue weighted by atomic mass is 16.2. The van der Waals surface area contributed by atoms with Gasteiger partial charge in [-0.1, -0.05) is 11.0 Å². The molecule has 0 fully saturated rings. The van der Waals surface area contributed by atoms with E-state index in [1.54, 1.807) is 6.07 Å². The van der Waals surface area contributed by atoms with E-state index in [1.165, 1.54) is 0 Å². The number of carbonyl (C=O) groups excluding carboxylic acids is 2. The monoisotopic (exact) mass is 185 g/mol. The number of carbonyl (C=O) groups is 2. The molecule has 0 aromatic heterocycles. The maximum atomic E-state index is 11.4. The van der Waals surface area contributed by atoms with Crippen LogP contribution >= 0.6 is 0 Å². The van der Waals surface area contributed by atoms with Crippen molar-refractivity contribution in [3.63, 3.8) is 0 Å². The standard InChI is InChI=1S/C10H8BNO2/c1-4-3-6-7(8(11)5(4)2)9(13)10(14)12-6/h3H,1-2H3,(H,12,13,14). The van der Waals surface area contributed by atoms with Crippen LogP contribution in [0.4, 0.5) is 5.69 Å². The normalized spacial score (nSPS) is 14.1. The van der Waals surface area contributed by atoms with Crippen LogP contribution in [0.3, 0.4) is 0 Å². The van der Waals surface area contributed by atoms with Crippen molar-refractivity contribution in [2.24, 2.45) is 0 Å². The van der Waals surface area contributed by atoms with E-state index in [9.17, 15) is 9.59 Å². The van der Waals surface area contributed by atoms with Gasteiger partial charge in [0.15, 0.2) is 0 Å². The van der Waals surface area contributed by atoms with Crippen LogP contribution in [0.25, 0.3) is 0 Å². The molecule has 1 aromatic carbocycles. The van der Waals surface area contributed by atoms with Gasteiger partial charge in [-0.2, -0.15) is 0 Å². The first-order chi connectivity index (χ1) is 6.52. The molecule has 2 radical (unpaired) electrons. The number of amides is 1. The third-order valence-corrected chi connectivity index (χ3v) is 2.58. The first kappa shape index (κ1) is 9.00. The van der Waals surface area contributed by atoms with E-state index in [4.69, 9.17) is 7.85 Å². The molecule has 1 aliphatic heterocycles. The average Bonchev–Trinajstić information content (AvgIpc) is 2.39. The number of benzene rings is 1. The zero-order valence-electron chi connectivity index (χ0n) is 7.97. The lowest BCUT2D eigenvalue weighted by Gasteiger charge is -2.08. The van der Waals surface area contributed by atoms with E-state index >= 15 is 0 Å². The Kier molecular flexibility index (Phi) is 1.74. The Labute approximate surface area is 82.9 Å². The minimum Gasteiger partial charge on any atom is -0.318 e. The molecule has 0 atom stereocenters. The molecule has 1 N–H and O–H groups in total. The van der Waals surface area contributed by atoms with Crippen LogP contribution in [0.1, 0.15) is 21.5 Å². The summed E-state index contributed by atoms with van der Waals surface area (Å²) >= 11 is 0. The summed E-state index contributed by atoms with van der Waals surface area (Å²) < 4.78 is 0. The second kappa shape index (κ2) is 2.70. The van der Waals surface area contributed by atoms with Crippen LogP contribution in [-0.2, 0) is 4.79 Å². The number of hydrogen-bond acceptors (Lipinski definition) is 2. The maximum absolute atomic E-state index is 11.4. The highest BCUT2D eigenvalue weighted by molar-refractivity contribution is 6.56. The molecular formula is C10H8BNO2. The van der Waals surface area contributed by atoms with E-state index in [-0.39, 0.29) is 0 Å². The summed E-state index contributed by atoms with van der Waals surface area (Å²) in [5.41, 5.74) is 3.08. The van der Waals surface area contributed by atoms with Gasteiger partial charge in [-0.3, -0.25) is 9.59 Å². The number of ketones is 1. The molecule has 4 heteroatoms. The Hall–Kier alpha value is -1.58. The van der Waals surface area contributed by atoms with Gasteiger partial charge in [-0.05, 0) is 25.5 Å². The number of hydrogen-bond donors (Lipinski definition) is 1. The molecular weight excluding hydrogens is 177 g/mol. The third-order valence-electron chi connectivity index (χ3n) is 2.58. The minimum atomic E-state index is -0.600. The van der Waals surface area contributed by atoms with Crippen LogP contribution in [0, 0.1) is 13.8 Å². The highest BCUT2D eigenvalue weighted by Crippen LogP contribution is 2.23. The number of rotatable bonds is 0. The lowest BCUT2D eigenvalue weighted by Crippen LogP contribution is -2.20. The fraction of sp³-hybridized carbons (Fsp3) is 0.200. The summed E-state index contributed by atoms with van der Waals surface area (Å²) in [6, 6.07) is 1.77. The van der Waals surface area contributed by atoms with E-state index in [2.05, 4.69) is 5.32 Å². The lowest BCUT2D eigenvalue weighted by molar-refractivity contribution is -0.112. The molecule has 3 nitrogen and oxygen atoms in total. The van der Waals surface area contributed by atoms with E-state index in [0.29, 0.717) is 16.7 Å². The quantitative estimate of drug-likeness (QED) is 0.464. The Morgan fingerprint density at radius 1 is 1.29 bits per heavy atom. The fourth-order valence-electron chi connectivity index (χ4n) is 1.58. The van der Waals surface area contributed by atoms with Gasteiger partial charge in [-0.25, -0.2) is 0 Å². The Bertz CT molecular complexity index is 466. The molecule has 0 bridgehead atoms. The average molecular weight is 185 g/mol. The van der Waals surface area contributed by atoms with Crippen molar-refractivity contribution in [2.75, 3.05) is 5.32 Å². The summed E-state index contributed by atoms with van der Waals surface area (Å²) in [5.74, 6) is -1.14. The van der Waals surface area contributed by atoms with Gasteiger partial charge in [0.05, 0.1) is 5.69 Å². The zero-order valence-corrected chi connectivity index (χ0v) is 7.97. The Balaban J connectivity index is 2.77. The SMILES string of the molecule is [B]c1c(C)c(C)cc2c1C(=O)C(=O)N2. The molecule has 0 saturated heterocycles. The summed E-state index contributed by atoms with van der Waals surface area (Å²) in [6.45, 7) is 3.72. The summed E-state index contributed by atoms with van der Waals surface area (Å²) in [6.07, 6.45) is 0. The van der Waals surface area contributed by atoms with E-state index in [1.807, 2.05) is 13.8 Å². The van der Waals surface area contributed by atoms with E-state index < -0.39 is 11.7 Å². The van der Waals surface area contributed by atoms with Crippen molar-refractivity contribution in [3.8, 4) is 0 Å². The van der Waals surface area contributed by atoms with Crippen LogP contribution in [0.2, 0.25) is 0 Å². The predicted molar refractivity (Wildman–Crippen MR) is 54.3 cm³/mol. The van der Waals surface area contributed by atoms with Gasteiger partial charge in [0.2, 0.25) is 0 Å². The van der Waals surface area contributed by atoms with Crippen molar-refractivity contribution in [3.05, 3.63) is 22.8 Å². The molecule has 1 amide bonds. The summed E-state index contributed by atoms with van der Waals surface area (Å²) in [4.78, 5) is 22.5. The minimum absolute atomic E-state index is 0.318. The number of aryl methyl sites for hydroxylation is 1. The van der Waals surface area contributed by atoms with Crippen molar-refractivity contribution >= 4 is 30.7 Å². The van der Waals surface area contributed by atoms with Crippen LogP contribution in [0.15, 0.2) is 6.07 Å². The lowest BCUT2D eigenvalue weighted by atomic mass is 9.83. The molecule has 1 aliphatic rings. The second-order valence-electron chi connectivity index (χ2n) is 3.44. The molecule has 14 heavy (non-hydrogen) atoms. The molecule has 0 unspecified atom stereocenters. The predicted octanol–water partition coefficient (Wildman–Crippen LogP) is 0.232. The van der Waals surface area contributed by atoms with Gasteiger partial charge in [0.1, 0.15) is 7.85 Å². The highest BCUT2D eigenvalue weighted by Gasteiger charge is 2.30. The topological polar surface area (TPSA) is 46.2 Å². The molecule has 68 valence electrons. The number of fused-ring (bicyclic) bond motifs is 1. The Morgan fingerprint density at radius 3 is 2.57 bits per heavy atom. The van der Waals surface area contributed by atoms with Gasteiger partial charge in [0, 0.05) is 5.56 Å². The number of Topliss-reactive ketones (excluding diaryl/α,β-unsaturated/α-hetero) is 1. The zero-order chi connectivity index (χ0) is 10.5. The summed E-state index contributed by atoms with van der Waals surface area (Å²) in [7, 11) is 5.77. The van der Waals surface area contributed by atoms with Gasteiger partial charge >= 0.3 is 0 Å². The van der Waals surface area contributed by atoms with Crippen LogP contribution in [-0.4, -0.2) is 19.5 Å². The molecule has 0 spiro atoms. The fourth-order valence-corrected chi connectivity index (χ4v) is 1.58. The Morgan fingerprint density at radius 2 is 1.93 bits per heavy atom. The van der Waals surface area contributed by atoms with Crippen molar-refractivity contribution < 1.29 is 9.59 Å². The molecule has 1 heterocycles. The summed E-state index contributed by atoms with van der Waals surface area (Å²) in [5, 5.41) is 2.49. The molecule has 0 aliphatic carbocycles. The van der Waals surface area contributed by atoms with Crippen LogP contribution in [0.5, 0.6) is 0 Å². The van der Waals surface area contributed by atoms with E-state index in [0.717, 1.165) is 11.1 Å². The first-order valence-corrected chi connectivity index (χ1v) is 4.27. The maximum Gasteiger partial charge on any atom is 0.296 e. The molecule has 2 rings (SSSR count). The van der Waals surface area contributed by atoms with Crippen LogP contribution < -0.4 is 10.8 Å². The van der Waals surface area contributed by atoms with Gasteiger partial charge < -0.3 is 5.32 Å². The molecule has 0 saturated carbocycles. The first-order valence-electron chi connectivity index (χ1n) is 4.27. The smallest absolute Gasteiger partial charge is 0.296 e. The second-order valence-corrected chi connectivity index (χ2v) is 3.44. The van der Waals surface area contributed by atoms with Crippen molar-refractivity contribution in [2.45, 2.75) is 13.8 Å². The van der Waals surface area contributed by atoms with Gasteiger partial charge in [-0.15, -0.1) is 0 Å². The third kappa shape index (κ3) is 1.00. The largest absolute Gasteiger partial charge is 0.318 e. The number of anilines is 1.